The van der Waals surface area contributed by atoms with Gasteiger partial charge in [-0.25, -0.2) is 4.39 Å². The van der Waals surface area contributed by atoms with E-state index in [4.69, 9.17) is 11.6 Å². The van der Waals surface area contributed by atoms with E-state index in [2.05, 4.69) is 15.6 Å². The van der Waals surface area contributed by atoms with Crippen molar-refractivity contribution in [2.75, 3.05) is 5.32 Å². The summed E-state index contributed by atoms with van der Waals surface area (Å²) in [7, 11) is 0. The molecule has 0 unspecified atom stereocenters. The Morgan fingerprint density at radius 2 is 1.74 bits per heavy atom. The Kier molecular flexibility index (Phi) is 7.22. The predicted molar refractivity (Wildman–Crippen MR) is 136 cm³/mol. The molecule has 0 radical (unpaired) electrons. The van der Waals surface area contributed by atoms with Crippen LogP contribution in [0.2, 0.25) is 5.02 Å². The molecule has 5 nitrogen and oxygen atoms in total. The van der Waals surface area contributed by atoms with Crippen molar-refractivity contribution >= 4 is 34.7 Å². The van der Waals surface area contributed by atoms with Crippen molar-refractivity contribution in [1.29, 1.82) is 0 Å². The van der Waals surface area contributed by atoms with Gasteiger partial charge in [-0.15, -0.1) is 0 Å². The Balaban J connectivity index is 1.52. The summed E-state index contributed by atoms with van der Waals surface area (Å²) < 4.78 is 13.4. The molecule has 0 aliphatic carbocycles. The van der Waals surface area contributed by atoms with Crippen molar-refractivity contribution in [3.8, 4) is 0 Å². The van der Waals surface area contributed by atoms with Crippen LogP contribution >= 0.6 is 11.6 Å². The quantitative estimate of drug-likeness (QED) is 0.296. The molecule has 0 fully saturated rings. The monoisotopic (exact) mass is 487 g/mol. The van der Waals surface area contributed by atoms with E-state index in [1.807, 2.05) is 19.1 Å². The molecule has 0 aliphatic rings. The first-order chi connectivity index (χ1) is 16.8. The van der Waals surface area contributed by atoms with E-state index < -0.39 is 0 Å². The van der Waals surface area contributed by atoms with Gasteiger partial charge in [-0.2, -0.15) is 0 Å². The zero-order chi connectivity index (χ0) is 24.9. The fourth-order valence-corrected chi connectivity index (χ4v) is 3.89. The number of carbonyl (C=O) groups is 2. The molecular formula is C28H23ClFN3O2. The average molecular weight is 488 g/mol. The highest BCUT2D eigenvalue weighted by atomic mass is 35.5. The van der Waals surface area contributed by atoms with Gasteiger partial charge >= 0.3 is 0 Å². The Morgan fingerprint density at radius 1 is 0.914 bits per heavy atom. The molecule has 0 spiro atoms. The number of aromatic nitrogens is 1. The number of pyridine rings is 1. The lowest BCUT2D eigenvalue weighted by atomic mass is 9.96. The predicted octanol–water partition coefficient (Wildman–Crippen LogP) is 6.40. The van der Waals surface area contributed by atoms with E-state index in [9.17, 15) is 14.0 Å². The fourth-order valence-electron chi connectivity index (χ4n) is 3.63. The minimum atomic E-state index is -0.310. The smallest absolute Gasteiger partial charge is 0.251 e. The molecule has 0 aliphatic heterocycles. The Labute approximate surface area is 208 Å². The van der Waals surface area contributed by atoms with Crippen molar-refractivity contribution in [2.24, 2.45) is 0 Å². The first kappa shape index (κ1) is 24.1. The van der Waals surface area contributed by atoms with E-state index in [0.717, 1.165) is 22.5 Å². The molecule has 1 heterocycles. The second-order valence-electron chi connectivity index (χ2n) is 8.14. The third-order valence-corrected chi connectivity index (χ3v) is 5.89. The average Bonchev–Trinajstić information content (AvgIpc) is 2.85. The third kappa shape index (κ3) is 5.73. The van der Waals surface area contributed by atoms with Crippen LogP contribution in [-0.2, 0) is 6.54 Å². The number of nitrogens with one attached hydrogen (secondary N) is 2. The van der Waals surface area contributed by atoms with Crippen molar-refractivity contribution in [1.82, 2.24) is 10.3 Å². The summed E-state index contributed by atoms with van der Waals surface area (Å²) in [6.07, 6.45) is 1.66. The molecule has 0 bridgehead atoms. The summed E-state index contributed by atoms with van der Waals surface area (Å²) >= 11 is 6.47. The zero-order valence-electron chi connectivity index (χ0n) is 19.2. The van der Waals surface area contributed by atoms with Gasteiger partial charge in [-0.1, -0.05) is 23.7 Å². The first-order valence-corrected chi connectivity index (χ1v) is 11.4. The Bertz CT molecular complexity index is 1410. The van der Waals surface area contributed by atoms with Gasteiger partial charge in [0.05, 0.1) is 17.3 Å². The largest absolute Gasteiger partial charge is 0.355 e. The molecule has 0 atom stereocenters. The van der Waals surface area contributed by atoms with E-state index >= 15 is 0 Å². The molecule has 7 heteroatoms. The van der Waals surface area contributed by atoms with Crippen molar-refractivity contribution < 1.29 is 14.0 Å². The van der Waals surface area contributed by atoms with Crippen LogP contribution in [0.3, 0.4) is 0 Å². The van der Waals surface area contributed by atoms with Gasteiger partial charge in [-0.3, -0.25) is 14.6 Å². The van der Waals surface area contributed by atoms with Gasteiger partial charge in [0, 0.05) is 34.3 Å². The number of nitrogens with zero attached hydrogens (tertiary/aromatic N) is 1. The lowest BCUT2D eigenvalue weighted by molar-refractivity contribution is 0.0950. The van der Waals surface area contributed by atoms with Crippen LogP contribution in [0.25, 0.3) is 0 Å². The van der Waals surface area contributed by atoms with Crippen LogP contribution in [0.15, 0.2) is 79.0 Å². The zero-order valence-corrected chi connectivity index (χ0v) is 20.0. The van der Waals surface area contributed by atoms with Crippen LogP contribution in [0.5, 0.6) is 0 Å². The molecular weight excluding hydrogens is 465 g/mol. The number of halogens is 2. The number of rotatable bonds is 7. The van der Waals surface area contributed by atoms with Crippen LogP contribution in [-0.4, -0.2) is 16.7 Å². The summed E-state index contributed by atoms with van der Waals surface area (Å²) in [4.78, 5) is 30.2. The normalized spacial score (nSPS) is 10.6. The Morgan fingerprint density at radius 3 is 2.46 bits per heavy atom. The second-order valence-corrected chi connectivity index (χ2v) is 8.55. The maximum absolute atomic E-state index is 13.4. The maximum atomic E-state index is 13.4. The molecule has 1 aromatic heterocycles. The van der Waals surface area contributed by atoms with Gasteiger partial charge in [-0.05, 0) is 85.6 Å². The van der Waals surface area contributed by atoms with Gasteiger partial charge in [0.1, 0.15) is 5.82 Å². The second kappa shape index (κ2) is 10.5. The summed E-state index contributed by atoms with van der Waals surface area (Å²) in [5.41, 5.74) is 4.71. The van der Waals surface area contributed by atoms with Crippen LogP contribution in [0.4, 0.5) is 15.8 Å². The Hall–Kier alpha value is -4.03. The number of ketones is 1. The lowest BCUT2D eigenvalue weighted by Gasteiger charge is -2.13. The van der Waals surface area contributed by atoms with E-state index in [0.29, 0.717) is 22.4 Å². The lowest BCUT2D eigenvalue weighted by Crippen LogP contribution is -2.23. The van der Waals surface area contributed by atoms with Crippen LogP contribution < -0.4 is 10.6 Å². The molecule has 2 N–H and O–H groups in total. The van der Waals surface area contributed by atoms with Crippen molar-refractivity contribution in [3.63, 3.8) is 0 Å². The molecule has 0 saturated heterocycles. The molecule has 1 amide bonds. The van der Waals surface area contributed by atoms with Crippen molar-refractivity contribution in [3.05, 3.63) is 123 Å². The molecule has 3 aromatic carbocycles. The van der Waals surface area contributed by atoms with Gasteiger partial charge in [0.15, 0.2) is 5.78 Å². The number of carbonyl (C=O) groups excluding carboxylic acids is 2. The first-order valence-electron chi connectivity index (χ1n) is 11.0. The maximum Gasteiger partial charge on any atom is 0.251 e. The topological polar surface area (TPSA) is 71.1 Å². The van der Waals surface area contributed by atoms with Gasteiger partial charge in [0.2, 0.25) is 0 Å². The molecule has 4 aromatic rings. The van der Waals surface area contributed by atoms with E-state index in [-0.39, 0.29) is 29.1 Å². The summed E-state index contributed by atoms with van der Waals surface area (Å²) in [6.45, 7) is 3.89. The van der Waals surface area contributed by atoms with E-state index in [1.165, 1.54) is 12.1 Å². The molecule has 4 rings (SSSR count). The van der Waals surface area contributed by atoms with Gasteiger partial charge in [0.25, 0.3) is 5.91 Å². The number of benzene rings is 3. The summed E-state index contributed by atoms with van der Waals surface area (Å²) in [5, 5.41) is 6.28. The molecule has 35 heavy (non-hydrogen) atoms. The van der Waals surface area contributed by atoms with Gasteiger partial charge < -0.3 is 10.6 Å². The molecule has 176 valence electrons. The fraction of sp³-hybridized carbons (Fsp3) is 0.107. The standard InChI is InChI=1S/C28H23ClFN3O2/c1-17-6-7-19(28(35)32-16-22-5-3-4-12-31-22)14-24(17)27(34)23-10-9-21(15-25(23)29)33-26-11-8-20(30)13-18(26)2/h3-15,33H,16H2,1-2H3,(H,32,35). The SMILES string of the molecule is Cc1cc(F)ccc1Nc1ccc(C(=O)c2cc(C(=O)NCc3ccccn3)ccc2C)c(Cl)c1. The third-order valence-electron chi connectivity index (χ3n) is 5.58. The van der Waals surface area contributed by atoms with E-state index in [1.54, 1.807) is 61.7 Å². The van der Waals surface area contributed by atoms with Crippen LogP contribution in [0, 0.1) is 19.7 Å². The number of anilines is 2. The summed E-state index contributed by atoms with van der Waals surface area (Å²) in [5.74, 6) is -0.892. The highest BCUT2D eigenvalue weighted by Gasteiger charge is 2.18. The van der Waals surface area contributed by atoms with Crippen molar-refractivity contribution in [2.45, 2.75) is 20.4 Å². The highest BCUT2D eigenvalue weighted by Crippen LogP contribution is 2.28. The number of aryl methyl sites for hydroxylation is 2. The number of hydrogen-bond donors (Lipinski definition) is 2. The summed E-state index contributed by atoms with van der Waals surface area (Å²) in [6, 6.07) is 20.0. The molecule has 0 saturated carbocycles. The van der Waals surface area contributed by atoms with Crippen LogP contribution in [0.1, 0.15) is 43.1 Å². The highest BCUT2D eigenvalue weighted by molar-refractivity contribution is 6.35. The number of hydrogen-bond acceptors (Lipinski definition) is 4. The minimum absolute atomic E-state index is 0.268. The number of amides is 1. The minimum Gasteiger partial charge on any atom is -0.355 e.